The van der Waals surface area contributed by atoms with Gasteiger partial charge in [0.25, 0.3) is 0 Å². The van der Waals surface area contributed by atoms with E-state index < -0.39 is 8.07 Å². The summed E-state index contributed by atoms with van der Waals surface area (Å²) in [6, 6.07) is 17.0. The number of aryl methyl sites for hydroxylation is 3. The molecule has 0 bridgehead atoms. The fraction of sp³-hybridized carbons (Fsp3) is 0.360. The van der Waals surface area contributed by atoms with E-state index in [-0.39, 0.29) is 58.9 Å². The van der Waals surface area contributed by atoms with Crippen LogP contribution in [-0.2, 0) is 21.7 Å². The van der Waals surface area contributed by atoms with Gasteiger partial charge in [0.15, 0.2) is 0 Å². The molecule has 0 fully saturated rings. The zero-order valence-electron chi connectivity index (χ0n) is 18.6. The topological polar surface area (TPSA) is 0 Å². The molecule has 2 aromatic rings. The monoisotopic (exact) mass is 512 g/mol. The molecule has 0 saturated carbocycles. The fourth-order valence-electron chi connectivity index (χ4n) is 4.78. The summed E-state index contributed by atoms with van der Waals surface area (Å²) in [5, 5.41) is 3.18. The average molecular weight is 514 g/mol. The first-order valence-corrected chi connectivity index (χ1v) is 12.6. The van der Waals surface area contributed by atoms with Crippen molar-refractivity contribution in [3.63, 3.8) is 0 Å². The van der Waals surface area contributed by atoms with Crippen molar-refractivity contribution in [1.29, 1.82) is 0 Å². The number of hydrogen-bond acceptors (Lipinski definition) is 0. The van der Waals surface area contributed by atoms with E-state index in [1.807, 2.05) is 0 Å². The van der Waals surface area contributed by atoms with Gasteiger partial charge in [0.05, 0.1) is 8.07 Å². The van der Waals surface area contributed by atoms with Gasteiger partial charge in [-0.05, 0) is 20.8 Å². The maximum absolute atomic E-state index is 3.81. The van der Waals surface area contributed by atoms with Crippen LogP contribution in [0, 0.1) is 26.8 Å². The molecule has 1 aliphatic carbocycles. The van der Waals surface area contributed by atoms with Gasteiger partial charge < -0.3 is 37.2 Å². The Morgan fingerprint density at radius 2 is 1.50 bits per heavy atom. The maximum Gasteiger partial charge on any atom is 4.00 e. The van der Waals surface area contributed by atoms with Crippen LogP contribution in [0.1, 0.15) is 48.4 Å². The minimum absolute atomic E-state index is 0. The molecule has 0 heterocycles. The van der Waals surface area contributed by atoms with Gasteiger partial charge in [-0.15, -0.1) is 12.0 Å². The average Bonchev–Trinajstić information content (AvgIpc) is 3.10. The van der Waals surface area contributed by atoms with Gasteiger partial charge in [-0.2, -0.15) is 11.6 Å². The summed E-state index contributed by atoms with van der Waals surface area (Å²) < 4.78 is 0. The van der Waals surface area contributed by atoms with Crippen molar-refractivity contribution in [2.75, 3.05) is 0 Å². The standard InChI is InChI=1S/C25H31Si.3ClH.Ti/c1-6-7-16-26(5,25-20(3)17-19(2)18-21(25)4)24-15-11-14-23(24)22-12-9-8-10-13-22;;;;/h8-10,12-14,17-18H,6-7,11,16H2,1-5H3;3*1H;/q-1;;;;+4/p-3. The molecule has 160 valence electrons. The molecule has 5 heteroatoms. The van der Waals surface area contributed by atoms with Crippen LogP contribution >= 0.6 is 0 Å². The molecular formula is C25H31Cl3SiTi. The van der Waals surface area contributed by atoms with Gasteiger partial charge in [0.1, 0.15) is 0 Å². The number of benzene rings is 2. The van der Waals surface area contributed by atoms with Gasteiger partial charge in [0, 0.05) is 0 Å². The molecule has 30 heavy (non-hydrogen) atoms. The SMILES string of the molecule is CCCC[Si](C)(C1=[C-]CC=C1c1ccccc1)c1c(C)cc(C)cc1C.[Cl-].[Cl-].[Cl-].[Ti+4]. The van der Waals surface area contributed by atoms with Crippen molar-refractivity contribution < 1.29 is 58.9 Å². The molecule has 0 aliphatic heterocycles. The Labute approximate surface area is 218 Å². The summed E-state index contributed by atoms with van der Waals surface area (Å²) in [6.45, 7) is 11.7. The summed E-state index contributed by atoms with van der Waals surface area (Å²) in [6.07, 6.45) is 9.70. The Balaban J connectivity index is 0. The van der Waals surface area contributed by atoms with Crippen molar-refractivity contribution >= 4 is 18.8 Å². The van der Waals surface area contributed by atoms with Crippen LogP contribution in [0.5, 0.6) is 0 Å². The summed E-state index contributed by atoms with van der Waals surface area (Å²) in [7, 11) is -1.83. The van der Waals surface area contributed by atoms with Crippen LogP contribution in [0.15, 0.2) is 53.7 Å². The van der Waals surface area contributed by atoms with Crippen molar-refractivity contribution in [1.82, 2.24) is 0 Å². The smallest absolute Gasteiger partial charge is 1.00 e. The minimum Gasteiger partial charge on any atom is -1.00 e. The van der Waals surface area contributed by atoms with Crippen molar-refractivity contribution in [3.05, 3.63) is 82.1 Å². The van der Waals surface area contributed by atoms with Crippen LogP contribution in [0.25, 0.3) is 5.57 Å². The number of rotatable bonds is 6. The third-order valence-corrected chi connectivity index (χ3v) is 10.5. The molecule has 0 amide bonds. The van der Waals surface area contributed by atoms with Crippen molar-refractivity contribution in [2.45, 2.75) is 59.5 Å². The minimum atomic E-state index is -1.83. The summed E-state index contributed by atoms with van der Waals surface area (Å²) in [5.41, 5.74) is 7.11. The predicted octanol–water partition coefficient (Wildman–Crippen LogP) is -2.54. The van der Waals surface area contributed by atoms with Gasteiger partial charge in [-0.3, -0.25) is 6.08 Å². The van der Waals surface area contributed by atoms with Gasteiger partial charge in [-0.25, -0.2) is 5.20 Å². The van der Waals surface area contributed by atoms with Gasteiger partial charge in [0.2, 0.25) is 0 Å². The van der Waals surface area contributed by atoms with E-state index in [4.69, 9.17) is 0 Å². The molecule has 3 rings (SSSR count). The molecule has 0 N–H and O–H groups in total. The van der Waals surface area contributed by atoms with Crippen molar-refractivity contribution in [3.8, 4) is 0 Å². The summed E-state index contributed by atoms with van der Waals surface area (Å²) in [4.78, 5) is 0. The summed E-state index contributed by atoms with van der Waals surface area (Å²) in [5.74, 6) is 0. The second-order valence-corrected chi connectivity index (χ2v) is 12.1. The Morgan fingerprint density at radius 3 is 2.03 bits per heavy atom. The molecule has 1 unspecified atom stereocenters. The Hall–Kier alpha value is -0.279. The van der Waals surface area contributed by atoms with Crippen molar-refractivity contribution in [2.24, 2.45) is 0 Å². The van der Waals surface area contributed by atoms with Gasteiger partial charge in [-0.1, -0.05) is 96.7 Å². The molecule has 0 radical (unpaired) electrons. The number of unbranched alkanes of at least 4 members (excludes halogenated alkanes) is 1. The van der Waals surface area contributed by atoms with E-state index in [2.05, 4.69) is 88.9 Å². The number of allylic oxidation sites excluding steroid dienone is 4. The van der Waals surface area contributed by atoms with Crippen LogP contribution in [-0.4, -0.2) is 8.07 Å². The van der Waals surface area contributed by atoms with E-state index >= 15 is 0 Å². The Kier molecular flexibility index (Phi) is 14.9. The van der Waals surface area contributed by atoms with E-state index in [1.165, 1.54) is 51.9 Å². The third kappa shape index (κ3) is 6.61. The Morgan fingerprint density at radius 1 is 0.933 bits per heavy atom. The predicted molar refractivity (Wildman–Crippen MR) is 117 cm³/mol. The normalized spacial score (nSPS) is 14.0. The molecule has 0 saturated heterocycles. The largest absolute Gasteiger partial charge is 4.00 e. The van der Waals surface area contributed by atoms with E-state index in [0.717, 1.165) is 6.42 Å². The molecule has 1 atom stereocenters. The first-order chi connectivity index (χ1) is 12.5. The van der Waals surface area contributed by atoms with Crippen LogP contribution in [0.4, 0.5) is 0 Å². The molecule has 0 nitrogen and oxygen atoms in total. The molecule has 0 spiro atoms. The summed E-state index contributed by atoms with van der Waals surface area (Å²) >= 11 is 0. The fourth-order valence-corrected chi connectivity index (χ4v) is 9.81. The molecule has 0 aromatic heterocycles. The van der Waals surface area contributed by atoms with E-state index in [9.17, 15) is 0 Å². The van der Waals surface area contributed by atoms with Crippen LogP contribution in [0.2, 0.25) is 12.6 Å². The molecular weight excluding hydrogens is 483 g/mol. The van der Waals surface area contributed by atoms with Gasteiger partial charge >= 0.3 is 21.7 Å². The van der Waals surface area contributed by atoms with E-state index in [1.54, 1.807) is 5.19 Å². The van der Waals surface area contributed by atoms with Crippen LogP contribution in [0.3, 0.4) is 0 Å². The Bertz CT molecular complexity index is 839. The quantitative estimate of drug-likeness (QED) is 0.295. The van der Waals surface area contributed by atoms with Crippen LogP contribution < -0.4 is 42.4 Å². The van der Waals surface area contributed by atoms with E-state index in [0.29, 0.717) is 0 Å². The first kappa shape index (κ1) is 31.9. The third-order valence-electron chi connectivity index (χ3n) is 5.75. The zero-order valence-corrected chi connectivity index (χ0v) is 23.4. The second-order valence-electron chi connectivity index (χ2n) is 7.95. The zero-order chi connectivity index (χ0) is 18.7. The second kappa shape index (κ2) is 14.0. The number of hydrogen-bond donors (Lipinski definition) is 0. The first-order valence-electron chi connectivity index (χ1n) is 9.93. The molecule has 1 aliphatic rings. The maximum atomic E-state index is 3.81. The molecule has 2 aromatic carbocycles. The number of halogens is 3.